The molecule has 2 aromatic carbocycles. The molecule has 0 aliphatic rings. The van der Waals surface area contributed by atoms with Crippen molar-refractivity contribution in [2.45, 2.75) is 18.9 Å². The number of nitrogens with one attached hydrogen (secondary N) is 1. The minimum Gasteiger partial charge on any atom is -0.354 e. The van der Waals surface area contributed by atoms with Crippen LogP contribution in [0.2, 0.25) is 0 Å². The summed E-state index contributed by atoms with van der Waals surface area (Å²) in [5.41, 5.74) is 1.93. The van der Waals surface area contributed by atoms with Crippen molar-refractivity contribution in [1.29, 1.82) is 0 Å². The fourth-order valence-electron chi connectivity index (χ4n) is 2.45. The van der Waals surface area contributed by atoms with Crippen molar-refractivity contribution in [1.82, 2.24) is 10.2 Å². The first-order valence-corrected chi connectivity index (χ1v) is 7.76. The molecule has 0 aromatic heterocycles. The van der Waals surface area contributed by atoms with Crippen LogP contribution in [0.5, 0.6) is 0 Å². The molecular weight excluding hydrogens is 291 g/mol. The van der Waals surface area contributed by atoms with E-state index < -0.39 is 0 Å². The molecule has 0 spiro atoms. The van der Waals surface area contributed by atoms with Crippen LogP contribution in [0.25, 0.3) is 0 Å². The Kier molecular flexibility index (Phi) is 6.29. The molecule has 0 aliphatic carbocycles. The Balaban J connectivity index is 1.87. The molecule has 1 amide bonds. The zero-order chi connectivity index (χ0) is 16.7. The van der Waals surface area contributed by atoms with E-state index >= 15 is 0 Å². The summed E-state index contributed by atoms with van der Waals surface area (Å²) in [6.07, 6.45) is 1.07. The number of amides is 1. The van der Waals surface area contributed by atoms with Crippen molar-refractivity contribution in [2.75, 3.05) is 20.6 Å². The maximum atomic E-state index is 13.1. The number of benzene rings is 2. The monoisotopic (exact) mass is 314 g/mol. The van der Waals surface area contributed by atoms with Crippen LogP contribution in [0.1, 0.15) is 11.1 Å². The van der Waals surface area contributed by atoms with Gasteiger partial charge in [0.2, 0.25) is 5.91 Å². The number of carbonyl (C=O) groups excluding carboxylic acids is 1. The van der Waals surface area contributed by atoms with E-state index in [4.69, 9.17) is 0 Å². The van der Waals surface area contributed by atoms with Crippen LogP contribution in [-0.2, 0) is 17.6 Å². The minimum absolute atomic E-state index is 0.0875. The van der Waals surface area contributed by atoms with Crippen LogP contribution in [0.3, 0.4) is 0 Å². The van der Waals surface area contributed by atoms with E-state index in [2.05, 4.69) is 22.3 Å². The van der Waals surface area contributed by atoms with E-state index in [0.717, 1.165) is 6.42 Å². The summed E-state index contributed by atoms with van der Waals surface area (Å²) in [7, 11) is 4.01. The molecule has 1 unspecified atom stereocenters. The van der Waals surface area contributed by atoms with Gasteiger partial charge < -0.3 is 10.2 Å². The fraction of sp³-hybridized carbons (Fsp3) is 0.316. The molecule has 0 saturated heterocycles. The van der Waals surface area contributed by atoms with Crippen LogP contribution >= 0.6 is 0 Å². The third-order valence-electron chi connectivity index (χ3n) is 3.83. The van der Waals surface area contributed by atoms with Crippen molar-refractivity contribution < 1.29 is 9.18 Å². The molecule has 23 heavy (non-hydrogen) atoms. The molecule has 0 fully saturated rings. The first kappa shape index (κ1) is 17.2. The average molecular weight is 314 g/mol. The highest BCUT2D eigenvalue weighted by Gasteiger charge is 2.14. The standard InChI is InChI=1S/C19H23FN2O/c1-22(2)18(12-15-7-4-3-5-8-15)14-21-19(23)13-16-9-6-10-17(20)11-16/h3-11,18H,12-14H2,1-2H3,(H,21,23). The molecule has 1 atom stereocenters. The number of likely N-dealkylation sites (N-methyl/N-ethyl adjacent to an activating group) is 1. The van der Waals surface area contributed by atoms with Crippen LogP contribution in [0, 0.1) is 5.82 Å². The lowest BCUT2D eigenvalue weighted by molar-refractivity contribution is -0.120. The van der Waals surface area contributed by atoms with Gasteiger partial charge in [-0.05, 0) is 43.8 Å². The van der Waals surface area contributed by atoms with E-state index in [9.17, 15) is 9.18 Å². The van der Waals surface area contributed by atoms with Crippen LogP contribution in [-0.4, -0.2) is 37.5 Å². The highest BCUT2D eigenvalue weighted by Crippen LogP contribution is 2.07. The second-order valence-corrected chi connectivity index (χ2v) is 5.92. The van der Waals surface area contributed by atoms with Crippen molar-refractivity contribution >= 4 is 5.91 Å². The SMILES string of the molecule is CN(C)C(CNC(=O)Cc1cccc(F)c1)Cc1ccccc1. The Hall–Kier alpha value is -2.20. The number of nitrogens with zero attached hydrogens (tertiary/aromatic N) is 1. The normalized spacial score (nSPS) is 12.2. The minimum atomic E-state index is -0.314. The summed E-state index contributed by atoms with van der Waals surface area (Å²) >= 11 is 0. The summed E-state index contributed by atoms with van der Waals surface area (Å²) in [4.78, 5) is 14.2. The van der Waals surface area contributed by atoms with Gasteiger partial charge in [-0.1, -0.05) is 42.5 Å². The largest absolute Gasteiger partial charge is 0.354 e. The summed E-state index contributed by atoms with van der Waals surface area (Å²) in [6.45, 7) is 0.566. The lowest BCUT2D eigenvalue weighted by atomic mass is 10.0. The second-order valence-electron chi connectivity index (χ2n) is 5.92. The number of carbonyl (C=O) groups is 1. The first-order valence-electron chi connectivity index (χ1n) is 7.76. The Morgan fingerprint density at radius 3 is 2.43 bits per heavy atom. The van der Waals surface area contributed by atoms with Crippen LogP contribution in [0.15, 0.2) is 54.6 Å². The molecule has 0 heterocycles. The Bertz CT molecular complexity index is 628. The highest BCUT2D eigenvalue weighted by molar-refractivity contribution is 5.78. The van der Waals surface area contributed by atoms with Gasteiger partial charge in [0, 0.05) is 12.6 Å². The summed E-state index contributed by atoms with van der Waals surface area (Å²) < 4.78 is 13.1. The molecule has 0 saturated carbocycles. The van der Waals surface area contributed by atoms with Gasteiger partial charge in [0.15, 0.2) is 0 Å². The molecule has 3 nitrogen and oxygen atoms in total. The number of hydrogen-bond donors (Lipinski definition) is 1. The summed E-state index contributed by atoms with van der Waals surface area (Å²) in [5.74, 6) is -0.402. The van der Waals surface area contributed by atoms with Crippen LogP contribution in [0.4, 0.5) is 4.39 Å². The maximum absolute atomic E-state index is 13.1. The first-order chi connectivity index (χ1) is 11.0. The van der Waals surface area contributed by atoms with E-state index in [1.807, 2.05) is 32.3 Å². The van der Waals surface area contributed by atoms with Gasteiger partial charge in [0.25, 0.3) is 0 Å². The second kappa shape index (κ2) is 8.44. The Morgan fingerprint density at radius 1 is 1.09 bits per heavy atom. The van der Waals surface area contributed by atoms with Gasteiger partial charge in [-0.3, -0.25) is 4.79 Å². The van der Waals surface area contributed by atoms with Gasteiger partial charge in [-0.25, -0.2) is 4.39 Å². The molecule has 0 aliphatic heterocycles. The Labute approximate surface area is 137 Å². The van der Waals surface area contributed by atoms with Gasteiger partial charge in [0.05, 0.1) is 6.42 Å². The van der Waals surface area contributed by atoms with Gasteiger partial charge >= 0.3 is 0 Å². The summed E-state index contributed by atoms with van der Waals surface area (Å²) in [5, 5.41) is 2.95. The van der Waals surface area contributed by atoms with Crippen molar-refractivity contribution in [3.05, 3.63) is 71.5 Å². The summed E-state index contributed by atoms with van der Waals surface area (Å²) in [6, 6.07) is 16.6. The van der Waals surface area contributed by atoms with E-state index in [0.29, 0.717) is 12.1 Å². The Morgan fingerprint density at radius 2 is 1.78 bits per heavy atom. The van der Waals surface area contributed by atoms with E-state index in [1.54, 1.807) is 12.1 Å². The topological polar surface area (TPSA) is 32.3 Å². The van der Waals surface area contributed by atoms with Crippen molar-refractivity contribution in [3.63, 3.8) is 0 Å². The molecule has 2 rings (SSSR count). The number of hydrogen-bond acceptors (Lipinski definition) is 2. The van der Waals surface area contributed by atoms with E-state index in [-0.39, 0.29) is 24.2 Å². The van der Waals surface area contributed by atoms with Gasteiger partial charge in [-0.2, -0.15) is 0 Å². The van der Waals surface area contributed by atoms with Crippen LogP contribution < -0.4 is 5.32 Å². The van der Waals surface area contributed by atoms with E-state index in [1.165, 1.54) is 17.7 Å². The molecule has 2 aromatic rings. The van der Waals surface area contributed by atoms with Crippen molar-refractivity contribution in [2.24, 2.45) is 0 Å². The average Bonchev–Trinajstić information content (AvgIpc) is 2.52. The molecular formula is C19H23FN2O. The number of halogens is 1. The molecule has 1 N–H and O–H groups in total. The predicted molar refractivity (Wildman–Crippen MR) is 90.7 cm³/mol. The zero-order valence-electron chi connectivity index (χ0n) is 13.6. The smallest absolute Gasteiger partial charge is 0.224 e. The maximum Gasteiger partial charge on any atom is 0.224 e. The van der Waals surface area contributed by atoms with Gasteiger partial charge in [-0.15, -0.1) is 0 Å². The predicted octanol–water partition coefficient (Wildman–Crippen LogP) is 2.66. The third-order valence-corrected chi connectivity index (χ3v) is 3.83. The lowest BCUT2D eigenvalue weighted by Crippen LogP contribution is -2.42. The molecule has 0 radical (unpaired) electrons. The third kappa shape index (κ3) is 5.83. The zero-order valence-corrected chi connectivity index (χ0v) is 13.6. The fourth-order valence-corrected chi connectivity index (χ4v) is 2.45. The van der Waals surface area contributed by atoms with Crippen molar-refractivity contribution in [3.8, 4) is 0 Å². The number of rotatable bonds is 7. The van der Waals surface area contributed by atoms with Gasteiger partial charge in [0.1, 0.15) is 5.82 Å². The highest BCUT2D eigenvalue weighted by atomic mass is 19.1. The molecule has 0 bridgehead atoms. The lowest BCUT2D eigenvalue weighted by Gasteiger charge is -2.24. The molecule has 122 valence electrons. The molecule has 4 heteroatoms. The quantitative estimate of drug-likeness (QED) is 0.852.